The van der Waals surface area contributed by atoms with Crippen LogP contribution in [0.5, 0.6) is 0 Å². The van der Waals surface area contributed by atoms with E-state index in [0.29, 0.717) is 11.5 Å². The first-order valence-electron chi connectivity index (χ1n) is 3.44. The van der Waals surface area contributed by atoms with E-state index in [4.69, 9.17) is 5.11 Å². The van der Waals surface area contributed by atoms with Gasteiger partial charge in [-0.15, -0.1) is 0 Å². The highest BCUT2D eigenvalue weighted by Crippen LogP contribution is 1.95. The van der Waals surface area contributed by atoms with E-state index in [1.54, 1.807) is 0 Å². The quantitative estimate of drug-likeness (QED) is 0.623. The zero-order valence-corrected chi connectivity index (χ0v) is 9.01. The molecule has 0 aromatic carbocycles. The highest BCUT2D eigenvalue weighted by molar-refractivity contribution is 7.96. The molecule has 0 aliphatic rings. The Balaban J connectivity index is 4.46. The van der Waals surface area contributed by atoms with Crippen molar-refractivity contribution in [3.05, 3.63) is 11.5 Å². The van der Waals surface area contributed by atoms with Gasteiger partial charge in [0.25, 0.3) is 0 Å². The van der Waals surface area contributed by atoms with Crippen LogP contribution in [0.15, 0.2) is 11.5 Å². The Morgan fingerprint density at radius 3 is 2.07 bits per heavy atom. The van der Waals surface area contributed by atoms with Gasteiger partial charge in [-0.3, -0.25) is 0 Å². The van der Waals surface area contributed by atoms with E-state index in [9.17, 15) is 21.6 Å². The molecule has 0 atom stereocenters. The number of aliphatic carboxylic acids is 1. The summed E-state index contributed by atoms with van der Waals surface area (Å²) in [5.74, 6) is -2.51. The average molecular weight is 242 g/mol. The van der Waals surface area contributed by atoms with Crippen LogP contribution in [0.1, 0.15) is 0 Å². The molecule has 0 rings (SSSR count). The van der Waals surface area contributed by atoms with Gasteiger partial charge in [-0.2, -0.15) is 0 Å². The van der Waals surface area contributed by atoms with E-state index in [0.717, 1.165) is 6.26 Å². The molecule has 6 nitrogen and oxygen atoms in total. The molecule has 8 heteroatoms. The third-order valence-corrected chi connectivity index (χ3v) is 3.68. The van der Waals surface area contributed by atoms with Gasteiger partial charge in [0.05, 0.1) is 11.5 Å². The fourth-order valence-corrected chi connectivity index (χ4v) is 3.10. The van der Waals surface area contributed by atoms with Crippen molar-refractivity contribution in [1.82, 2.24) is 0 Å². The summed E-state index contributed by atoms with van der Waals surface area (Å²) in [5, 5.41) is 8.62. The second-order valence-corrected chi connectivity index (χ2v) is 6.90. The molecule has 0 aromatic rings. The van der Waals surface area contributed by atoms with Gasteiger partial charge in [0, 0.05) is 17.7 Å². The summed E-state index contributed by atoms with van der Waals surface area (Å²) in [7, 11) is -7.11. The number of carboxylic acid groups (broad SMARTS) is 1. The second-order valence-electron chi connectivity index (χ2n) is 2.64. The van der Waals surface area contributed by atoms with Crippen molar-refractivity contribution >= 4 is 25.6 Å². The van der Waals surface area contributed by atoms with E-state index in [-0.39, 0.29) is 0 Å². The minimum atomic E-state index is -3.75. The lowest BCUT2D eigenvalue weighted by Crippen LogP contribution is -2.14. The number of hydrogen-bond acceptors (Lipinski definition) is 5. The van der Waals surface area contributed by atoms with Gasteiger partial charge in [0.1, 0.15) is 9.84 Å². The van der Waals surface area contributed by atoms with Gasteiger partial charge in [0.2, 0.25) is 0 Å². The van der Waals surface area contributed by atoms with Crippen LogP contribution < -0.4 is 0 Å². The van der Waals surface area contributed by atoms with Crippen LogP contribution in [-0.2, 0) is 24.5 Å². The first-order chi connectivity index (χ1) is 6.12. The molecule has 0 bridgehead atoms. The van der Waals surface area contributed by atoms with Gasteiger partial charge in [-0.25, -0.2) is 21.6 Å². The fourth-order valence-electron chi connectivity index (χ4n) is 0.497. The molecule has 0 heterocycles. The normalized spacial score (nSPS) is 13.2. The summed E-state index contributed by atoms with van der Waals surface area (Å²) in [6.07, 6.45) is 1.36. The number of carboxylic acids is 1. The maximum atomic E-state index is 11.0. The van der Waals surface area contributed by atoms with Gasteiger partial charge >= 0.3 is 5.97 Å². The van der Waals surface area contributed by atoms with Crippen LogP contribution in [0.25, 0.3) is 0 Å². The summed E-state index contributed by atoms with van der Waals surface area (Å²) in [6, 6.07) is 0. The Kier molecular flexibility index (Phi) is 4.27. The van der Waals surface area contributed by atoms with Crippen molar-refractivity contribution in [1.29, 1.82) is 0 Å². The van der Waals surface area contributed by atoms with E-state index < -0.39 is 37.1 Å². The molecule has 0 aliphatic heterocycles. The molecule has 0 saturated heterocycles. The van der Waals surface area contributed by atoms with Crippen molar-refractivity contribution in [3.63, 3.8) is 0 Å². The number of hydrogen-bond donors (Lipinski definition) is 1. The van der Waals surface area contributed by atoms with Crippen molar-refractivity contribution in [2.75, 3.05) is 17.8 Å². The van der Waals surface area contributed by atoms with Crippen LogP contribution in [0.2, 0.25) is 0 Å². The molecule has 82 valence electrons. The van der Waals surface area contributed by atoms with Gasteiger partial charge in [-0.05, 0) is 0 Å². The van der Waals surface area contributed by atoms with Crippen molar-refractivity contribution < 1.29 is 26.7 Å². The van der Waals surface area contributed by atoms with E-state index in [1.807, 2.05) is 0 Å². The zero-order valence-electron chi connectivity index (χ0n) is 7.37. The van der Waals surface area contributed by atoms with Crippen LogP contribution in [0, 0.1) is 0 Å². The Bertz CT molecular complexity index is 427. The Labute approximate surface area is 82.1 Å². The first-order valence-corrected chi connectivity index (χ1v) is 7.21. The first kappa shape index (κ1) is 13.1. The molecule has 1 N–H and O–H groups in total. The molecular formula is C6H10O6S2. The van der Waals surface area contributed by atoms with Crippen molar-refractivity contribution in [3.8, 4) is 0 Å². The lowest BCUT2D eigenvalue weighted by atomic mass is 10.7. The number of rotatable bonds is 5. The predicted octanol–water partition coefficient (Wildman–Crippen LogP) is -0.956. The molecule has 0 unspecified atom stereocenters. The molecular weight excluding hydrogens is 232 g/mol. The SMILES string of the molecule is CS(=O)(=O)CCS(=O)(=O)/C=C/C(=O)O. The lowest BCUT2D eigenvalue weighted by Gasteiger charge is -1.96. The highest BCUT2D eigenvalue weighted by atomic mass is 32.2. The monoisotopic (exact) mass is 242 g/mol. The number of sulfone groups is 2. The largest absolute Gasteiger partial charge is 0.478 e. The molecule has 0 amide bonds. The maximum absolute atomic E-state index is 11.0. The standard InChI is InChI=1S/C6H10O6S2/c1-13(9,10)4-5-14(11,12)3-2-6(7)8/h2-3H,4-5H2,1H3,(H,7,8)/b3-2+. The fraction of sp³-hybridized carbons (Fsp3) is 0.500. The molecule has 14 heavy (non-hydrogen) atoms. The summed E-state index contributed by atoms with van der Waals surface area (Å²) in [5.41, 5.74) is 0. The minimum absolute atomic E-state index is 0.456. The van der Waals surface area contributed by atoms with Crippen LogP contribution >= 0.6 is 0 Å². The van der Waals surface area contributed by atoms with Crippen LogP contribution in [0.3, 0.4) is 0 Å². The maximum Gasteiger partial charge on any atom is 0.329 e. The van der Waals surface area contributed by atoms with E-state index in [1.165, 1.54) is 0 Å². The van der Waals surface area contributed by atoms with Gasteiger partial charge in [0.15, 0.2) is 9.84 Å². The van der Waals surface area contributed by atoms with Crippen LogP contribution in [-0.4, -0.2) is 45.7 Å². The van der Waals surface area contributed by atoms with Gasteiger partial charge in [-0.1, -0.05) is 0 Å². The van der Waals surface area contributed by atoms with Crippen molar-refractivity contribution in [2.45, 2.75) is 0 Å². The van der Waals surface area contributed by atoms with E-state index >= 15 is 0 Å². The van der Waals surface area contributed by atoms with Gasteiger partial charge < -0.3 is 5.11 Å². The third-order valence-electron chi connectivity index (χ3n) is 1.16. The smallest absolute Gasteiger partial charge is 0.329 e. The van der Waals surface area contributed by atoms with Crippen LogP contribution in [0.4, 0.5) is 0 Å². The summed E-state index contributed by atoms with van der Waals surface area (Å²) in [6.45, 7) is 0. The van der Waals surface area contributed by atoms with Crippen molar-refractivity contribution in [2.24, 2.45) is 0 Å². The number of carbonyl (C=O) groups is 1. The minimum Gasteiger partial charge on any atom is -0.478 e. The topological polar surface area (TPSA) is 106 Å². The Hall–Kier alpha value is -0.890. The summed E-state index contributed by atoms with van der Waals surface area (Å²) < 4.78 is 43.2. The predicted molar refractivity (Wildman–Crippen MR) is 50.3 cm³/mol. The summed E-state index contributed by atoms with van der Waals surface area (Å²) in [4.78, 5) is 9.98. The second kappa shape index (κ2) is 4.56. The highest BCUT2D eigenvalue weighted by Gasteiger charge is 2.11. The zero-order chi connectivity index (χ0) is 11.4. The average Bonchev–Trinajstić information content (AvgIpc) is 1.97. The van der Waals surface area contributed by atoms with E-state index in [2.05, 4.69) is 0 Å². The molecule has 0 fully saturated rings. The molecule has 0 aromatic heterocycles. The summed E-state index contributed by atoms with van der Waals surface area (Å²) >= 11 is 0. The molecule has 0 saturated carbocycles. The molecule has 0 spiro atoms. The molecule has 0 aliphatic carbocycles. The Morgan fingerprint density at radius 1 is 1.21 bits per heavy atom. The third kappa shape index (κ3) is 7.74. The Morgan fingerprint density at radius 2 is 1.71 bits per heavy atom. The molecule has 0 radical (unpaired) electrons. The lowest BCUT2D eigenvalue weighted by molar-refractivity contribution is -0.131.